The summed E-state index contributed by atoms with van der Waals surface area (Å²) in [4.78, 5) is 16.0. The van der Waals surface area contributed by atoms with Gasteiger partial charge in [0.15, 0.2) is 0 Å². The lowest BCUT2D eigenvalue weighted by molar-refractivity contribution is 0.0935. The van der Waals surface area contributed by atoms with Crippen LogP contribution in [0, 0.1) is 11.3 Å². The van der Waals surface area contributed by atoms with E-state index in [1.165, 1.54) is 24.2 Å². The van der Waals surface area contributed by atoms with Crippen LogP contribution in [-0.2, 0) is 6.54 Å². The Kier molecular flexibility index (Phi) is 3.49. The zero-order chi connectivity index (χ0) is 12.5. The molecule has 0 aliphatic heterocycles. The Labute approximate surface area is 106 Å². The minimum absolute atomic E-state index is 0.0760. The van der Waals surface area contributed by atoms with Crippen molar-refractivity contribution >= 4 is 17.2 Å². The van der Waals surface area contributed by atoms with Crippen molar-refractivity contribution in [1.29, 1.82) is 0 Å². The molecule has 94 valence electrons. The number of nitrogens with zero attached hydrogens (tertiary/aromatic N) is 1. The molecule has 1 aromatic heterocycles. The van der Waals surface area contributed by atoms with Gasteiger partial charge in [-0.05, 0) is 24.2 Å². The third kappa shape index (κ3) is 2.66. The highest BCUT2D eigenvalue weighted by Gasteiger charge is 2.45. The molecule has 0 aromatic carbocycles. The van der Waals surface area contributed by atoms with E-state index in [1.54, 1.807) is 5.38 Å². The van der Waals surface area contributed by atoms with E-state index in [-0.39, 0.29) is 5.91 Å². The normalized spacial score (nSPS) is 17.2. The number of hydrogen-bond acceptors (Lipinski definition) is 4. The maximum absolute atomic E-state index is 11.9. The molecule has 3 N–H and O–H groups in total. The lowest BCUT2D eigenvalue weighted by Crippen LogP contribution is -2.32. The van der Waals surface area contributed by atoms with Crippen molar-refractivity contribution in [3.63, 3.8) is 0 Å². The first-order chi connectivity index (χ1) is 8.07. The van der Waals surface area contributed by atoms with Crippen LogP contribution in [0.25, 0.3) is 0 Å². The fraction of sp³-hybridized carbons (Fsp3) is 0.667. The maximum Gasteiger partial charge on any atom is 0.270 e. The second kappa shape index (κ2) is 4.74. The van der Waals surface area contributed by atoms with Crippen molar-refractivity contribution in [2.75, 3.05) is 6.54 Å². The van der Waals surface area contributed by atoms with Gasteiger partial charge in [-0.15, -0.1) is 11.3 Å². The Hall–Kier alpha value is -0.940. The third-order valence-electron chi connectivity index (χ3n) is 3.68. The summed E-state index contributed by atoms with van der Waals surface area (Å²) in [6.07, 6.45) is 2.44. The largest absolute Gasteiger partial charge is 0.350 e. The third-order valence-corrected chi connectivity index (χ3v) is 4.55. The molecule has 0 spiro atoms. The summed E-state index contributed by atoms with van der Waals surface area (Å²) in [6, 6.07) is 0. The Morgan fingerprint density at radius 3 is 2.82 bits per heavy atom. The molecule has 0 atom stereocenters. The molecule has 1 amide bonds. The van der Waals surface area contributed by atoms with Gasteiger partial charge in [0.2, 0.25) is 0 Å². The van der Waals surface area contributed by atoms with Gasteiger partial charge in [0, 0.05) is 18.5 Å². The quantitative estimate of drug-likeness (QED) is 0.840. The fourth-order valence-electron chi connectivity index (χ4n) is 1.97. The highest BCUT2D eigenvalue weighted by atomic mass is 32.1. The number of carbonyl (C=O) groups is 1. The first-order valence-electron chi connectivity index (χ1n) is 6.00. The molecule has 1 aliphatic carbocycles. The van der Waals surface area contributed by atoms with Crippen molar-refractivity contribution in [1.82, 2.24) is 10.3 Å². The van der Waals surface area contributed by atoms with E-state index in [9.17, 15) is 4.79 Å². The standard InChI is InChI=1S/C12H19N3OS/c1-8(2)12(3-4-12)7-14-11(16)9-6-17-10(5-13)15-9/h6,8H,3-5,7,13H2,1-2H3,(H,14,16). The van der Waals surface area contributed by atoms with Crippen LogP contribution in [0.5, 0.6) is 0 Å². The summed E-state index contributed by atoms with van der Waals surface area (Å²) in [5.41, 5.74) is 6.30. The number of nitrogens with one attached hydrogen (secondary N) is 1. The fourth-order valence-corrected chi connectivity index (χ4v) is 2.63. The van der Waals surface area contributed by atoms with Crippen LogP contribution < -0.4 is 11.1 Å². The van der Waals surface area contributed by atoms with Gasteiger partial charge >= 0.3 is 0 Å². The summed E-state index contributed by atoms with van der Waals surface area (Å²) < 4.78 is 0. The first kappa shape index (κ1) is 12.5. The smallest absolute Gasteiger partial charge is 0.270 e. The van der Waals surface area contributed by atoms with Gasteiger partial charge in [-0.3, -0.25) is 4.79 Å². The maximum atomic E-state index is 11.9. The molecule has 17 heavy (non-hydrogen) atoms. The van der Waals surface area contributed by atoms with Crippen LogP contribution >= 0.6 is 11.3 Å². The molecule has 1 heterocycles. The number of hydrogen-bond donors (Lipinski definition) is 2. The predicted octanol–water partition coefficient (Wildman–Crippen LogP) is 1.77. The summed E-state index contributed by atoms with van der Waals surface area (Å²) in [5, 5.41) is 5.56. The predicted molar refractivity (Wildman–Crippen MR) is 68.8 cm³/mol. The molecule has 5 heteroatoms. The van der Waals surface area contributed by atoms with Gasteiger partial charge in [0.25, 0.3) is 5.91 Å². The highest BCUT2D eigenvalue weighted by molar-refractivity contribution is 7.09. The number of carbonyl (C=O) groups excluding carboxylic acids is 1. The van der Waals surface area contributed by atoms with Crippen molar-refractivity contribution in [3.05, 3.63) is 16.1 Å². The van der Waals surface area contributed by atoms with Gasteiger partial charge in [-0.2, -0.15) is 0 Å². The van der Waals surface area contributed by atoms with E-state index >= 15 is 0 Å². The lowest BCUT2D eigenvalue weighted by Gasteiger charge is -2.19. The minimum atomic E-state index is -0.0760. The monoisotopic (exact) mass is 253 g/mol. The van der Waals surface area contributed by atoms with E-state index in [0.717, 1.165) is 11.6 Å². The number of rotatable bonds is 5. The van der Waals surface area contributed by atoms with Crippen LogP contribution in [0.4, 0.5) is 0 Å². The van der Waals surface area contributed by atoms with Crippen molar-refractivity contribution in [2.24, 2.45) is 17.1 Å². The molecular weight excluding hydrogens is 234 g/mol. The average Bonchev–Trinajstić information content (AvgIpc) is 2.96. The molecule has 0 bridgehead atoms. The van der Waals surface area contributed by atoms with Gasteiger partial charge in [-0.25, -0.2) is 4.98 Å². The van der Waals surface area contributed by atoms with E-state index in [2.05, 4.69) is 24.1 Å². The second-order valence-electron chi connectivity index (χ2n) is 5.03. The average molecular weight is 253 g/mol. The topological polar surface area (TPSA) is 68.0 Å². The first-order valence-corrected chi connectivity index (χ1v) is 6.88. The number of thiazole rings is 1. The molecule has 1 saturated carbocycles. The van der Waals surface area contributed by atoms with Crippen molar-refractivity contribution in [2.45, 2.75) is 33.2 Å². The van der Waals surface area contributed by atoms with E-state index in [0.29, 0.717) is 23.6 Å². The molecule has 2 rings (SSSR count). The van der Waals surface area contributed by atoms with Crippen LogP contribution in [0.3, 0.4) is 0 Å². The van der Waals surface area contributed by atoms with Gasteiger partial charge in [-0.1, -0.05) is 13.8 Å². The van der Waals surface area contributed by atoms with Crippen LogP contribution in [0.2, 0.25) is 0 Å². The molecule has 0 radical (unpaired) electrons. The molecule has 1 fully saturated rings. The molecule has 1 aromatic rings. The summed E-state index contributed by atoms with van der Waals surface area (Å²) in [5.74, 6) is 0.547. The van der Waals surface area contributed by atoms with Gasteiger partial charge in [0.1, 0.15) is 10.7 Å². The zero-order valence-electron chi connectivity index (χ0n) is 10.3. The Morgan fingerprint density at radius 1 is 1.65 bits per heavy atom. The molecular formula is C12H19N3OS. The van der Waals surface area contributed by atoms with Crippen LogP contribution in [0.15, 0.2) is 5.38 Å². The highest BCUT2D eigenvalue weighted by Crippen LogP contribution is 2.51. The summed E-state index contributed by atoms with van der Waals surface area (Å²) >= 11 is 1.44. The SMILES string of the molecule is CC(C)C1(CNC(=O)c2csc(CN)n2)CC1. The van der Waals surface area contributed by atoms with Gasteiger partial charge in [0.05, 0.1) is 0 Å². The van der Waals surface area contributed by atoms with Crippen LogP contribution in [0.1, 0.15) is 42.2 Å². The van der Waals surface area contributed by atoms with Crippen molar-refractivity contribution < 1.29 is 4.79 Å². The zero-order valence-corrected chi connectivity index (χ0v) is 11.1. The number of aromatic nitrogens is 1. The Morgan fingerprint density at radius 2 is 2.35 bits per heavy atom. The van der Waals surface area contributed by atoms with Gasteiger partial charge < -0.3 is 11.1 Å². The number of amides is 1. The van der Waals surface area contributed by atoms with E-state index in [4.69, 9.17) is 5.73 Å². The summed E-state index contributed by atoms with van der Waals surface area (Å²) in [7, 11) is 0. The summed E-state index contributed by atoms with van der Waals surface area (Å²) in [6.45, 7) is 5.59. The Bertz CT molecular complexity index is 410. The molecule has 0 saturated heterocycles. The number of nitrogens with two attached hydrogens (primary N) is 1. The molecule has 0 unspecified atom stereocenters. The van der Waals surface area contributed by atoms with E-state index in [1.807, 2.05) is 0 Å². The molecule has 1 aliphatic rings. The van der Waals surface area contributed by atoms with E-state index < -0.39 is 0 Å². The second-order valence-corrected chi connectivity index (χ2v) is 5.97. The van der Waals surface area contributed by atoms with Crippen LogP contribution in [-0.4, -0.2) is 17.4 Å². The van der Waals surface area contributed by atoms with Crippen molar-refractivity contribution in [3.8, 4) is 0 Å². The minimum Gasteiger partial charge on any atom is -0.350 e. The lowest BCUT2D eigenvalue weighted by atomic mass is 9.92. The Balaban J connectivity index is 1.89. The molecule has 4 nitrogen and oxygen atoms in total.